The Morgan fingerprint density at radius 3 is 1.67 bits per heavy atom. The summed E-state index contributed by atoms with van der Waals surface area (Å²) >= 11 is 0. The van der Waals surface area contributed by atoms with Crippen LogP contribution in [0, 0.1) is 0 Å². The van der Waals surface area contributed by atoms with E-state index in [1.165, 1.54) is 11.5 Å². The zero-order chi connectivity index (χ0) is 3.54. The first kappa shape index (κ1) is 7.40. The van der Waals surface area contributed by atoms with Crippen molar-refractivity contribution < 1.29 is 0 Å². The minimum absolute atomic E-state index is 0. The highest BCUT2D eigenvalue weighted by atomic mass is 33.5. The van der Waals surface area contributed by atoms with Crippen LogP contribution in [0.5, 0.6) is 0 Å². The molecule has 0 amide bonds. The van der Waals surface area contributed by atoms with Gasteiger partial charge in [-0.3, -0.25) is 0 Å². The molecule has 2 radical (unpaired) electrons. The van der Waals surface area contributed by atoms with E-state index < -0.39 is 0 Å². The molecule has 0 N–H and O–H groups in total. The summed E-state index contributed by atoms with van der Waals surface area (Å²) in [6.07, 6.45) is 0. The molecule has 1 heterocycles. The number of hydrogen-bond acceptors (Lipinski definition) is 3. The lowest BCUT2D eigenvalue weighted by molar-refractivity contribution is 1.59. The van der Waals surface area contributed by atoms with Gasteiger partial charge in [-0.05, 0) is 9.83 Å². The number of rotatable bonds is 0. The predicted octanol–water partition coefficient (Wildman–Crippen LogP) is 2.68. The maximum absolute atomic E-state index is 1.95. The van der Waals surface area contributed by atoms with Crippen molar-refractivity contribution in [3.8, 4) is 0 Å². The molecular weight excluding hydrogens is 152 g/mol. The molecule has 0 aromatic heterocycles. The van der Waals surface area contributed by atoms with Crippen LogP contribution in [-0.4, -0.2) is 11.5 Å². The van der Waals surface area contributed by atoms with Crippen LogP contribution in [0.25, 0.3) is 0 Å². The van der Waals surface area contributed by atoms with Crippen molar-refractivity contribution in [3.05, 3.63) is 0 Å². The fourth-order valence-corrected chi connectivity index (χ4v) is 4.59. The Hall–Kier alpha value is 1.40. The van der Waals surface area contributed by atoms with Gasteiger partial charge in [0, 0.05) is 25.0 Å². The molecular formula is C2H4S4. The van der Waals surface area contributed by atoms with Crippen molar-refractivity contribution in [2.24, 2.45) is 0 Å². The Bertz CT molecular complexity index is 17.1. The van der Waals surface area contributed by atoms with E-state index in [4.69, 9.17) is 0 Å². The number of hydrogen-bond donors (Lipinski definition) is 0. The average Bonchev–Trinajstić information content (AvgIpc) is 1.76. The molecule has 0 atom stereocenters. The van der Waals surface area contributed by atoms with Gasteiger partial charge in [0.05, 0.1) is 0 Å². The summed E-state index contributed by atoms with van der Waals surface area (Å²) in [5.41, 5.74) is 0. The molecule has 6 heavy (non-hydrogen) atoms. The van der Waals surface area contributed by atoms with Crippen LogP contribution in [0.2, 0.25) is 0 Å². The van der Waals surface area contributed by atoms with Crippen LogP contribution in [0.3, 0.4) is 0 Å². The molecule has 1 saturated heterocycles. The van der Waals surface area contributed by atoms with Gasteiger partial charge in [-0.15, -0.1) is 0 Å². The molecule has 0 unspecified atom stereocenters. The van der Waals surface area contributed by atoms with Crippen LogP contribution < -0.4 is 0 Å². The van der Waals surface area contributed by atoms with Crippen LogP contribution in [0.15, 0.2) is 0 Å². The molecule has 1 aliphatic rings. The van der Waals surface area contributed by atoms with Gasteiger partial charge < -0.3 is 0 Å². The average molecular weight is 156 g/mol. The van der Waals surface area contributed by atoms with Gasteiger partial charge in [0.15, 0.2) is 0 Å². The monoisotopic (exact) mass is 156 g/mol. The second kappa shape index (κ2) is 4.56. The van der Waals surface area contributed by atoms with E-state index in [9.17, 15) is 0 Å². The third-order valence-corrected chi connectivity index (χ3v) is 4.85. The Kier molecular flexibility index (Phi) is 5.62. The highest BCUT2D eigenvalue weighted by Crippen LogP contribution is 2.41. The Labute approximate surface area is 56.5 Å². The van der Waals surface area contributed by atoms with Crippen LogP contribution in [0.1, 0.15) is 0 Å². The van der Waals surface area contributed by atoms with Crippen molar-refractivity contribution in [1.29, 1.82) is 0 Å². The minimum atomic E-state index is 0. The van der Waals surface area contributed by atoms with Crippen LogP contribution in [0.4, 0.5) is 0 Å². The lowest BCUT2D eigenvalue weighted by Gasteiger charge is -1.67. The Balaban J connectivity index is 0.000000250. The topological polar surface area (TPSA) is 0 Å². The maximum Gasteiger partial charge on any atom is 0.0145 e. The molecule has 1 aliphatic heterocycles. The normalized spacial score (nSPS) is 20.0. The van der Waals surface area contributed by atoms with Crippen molar-refractivity contribution in [2.75, 3.05) is 11.5 Å². The Morgan fingerprint density at radius 1 is 1.00 bits per heavy atom. The van der Waals surface area contributed by atoms with Crippen molar-refractivity contribution >= 4 is 44.9 Å². The van der Waals surface area contributed by atoms with Gasteiger partial charge >= 0.3 is 0 Å². The lowest BCUT2D eigenvalue weighted by Crippen LogP contribution is -1.64. The summed E-state index contributed by atoms with van der Waals surface area (Å²) in [6.45, 7) is 0. The van der Waals surface area contributed by atoms with E-state index >= 15 is 0 Å². The second-order valence-electron chi connectivity index (χ2n) is 0.712. The SMILES string of the molecule is C1CSSS1.[S]. The second-order valence-corrected chi connectivity index (χ2v) is 5.18. The molecule has 0 spiro atoms. The predicted molar refractivity (Wildman–Crippen MR) is 40.1 cm³/mol. The molecule has 0 saturated carbocycles. The highest BCUT2D eigenvalue weighted by Gasteiger charge is 1.97. The minimum Gasteiger partial charge on any atom is -0.0817 e. The van der Waals surface area contributed by atoms with Gasteiger partial charge in [0.1, 0.15) is 0 Å². The fraction of sp³-hybridized carbons (Fsp3) is 1.00. The van der Waals surface area contributed by atoms with Crippen molar-refractivity contribution in [3.63, 3.8) is 0 Å². The van der Waals surface area contributed by atoms with Crippen molar-refractivity contribution in [2.45, 2.75) is 0 Å². The van der Waals surface area contributed by atoms with Gasteiger partial charge in [-0.2, -0.15) is 0 Å². The summed E-state index contributed by atoms with van der Waals surface area (Å²) in [5.74, 6) is 2.69. The van der Waals surface area contributed by atoms with Gasteiger partial charge in [-0.1, -0.05) is 21.6 Å². The first-order valence-corrected chi connectivity index (χ1v) is 5.23. The first-order valence-electron chi connectivity index (χ1n) is 1.41. The lowest BCUT2D eigenvalue weighted by atomic mass is 11.0. The summed E-state index contributed by atoms with van der Waals surface area (Å²) in [6, 6.07) is 0. The summed E-state index contributed by atoms with van der Waals surface area (Å²) in [4.78, 5) is 0. The molecule has 1 rings (SSSR count). The van der Waals surface area contributed by atoms with E-state index in [0.717, 1.165) is 0 Å². The molecule has 0 aromatic carbocycles. The third kappa shape index (κ3) is 2.55. The van der Waals surface area contributed by atoms with E-state index in [2.05, 4.69) is 0 Å². The van der Waals surface area contributed by atoms with E-state index in [0.29, 0.717) is 0 Å². The van der Waals surface area contributed by atoms with Gasteiger partial charge in [0.25, 0.3) is 0 Å². The van der Waals surface area contributed by atoms with E-state index in [1.807, 2.05) is 31.4 Å². The van der Waals surface area contributed by atoms with Gasteiger partial charge in [-0.25, -0.2) is 0 Å². The van der Waals surface area contributed by atoms with Crippen molar-refractivity contribution in [1.82, 2.24) is 0 Å². The summed E-state index contributed by atoms with van der Waals surface area (Å²) in [5, 5.41) is 0. The zero-order valence-electron chi connectivity index (χ0n) is 3.05. The Morgan fingerprint density at radius 2 is 1.50 bits per heavy atom. The summed E-state index contributed by atoms with van der Waals surface area (Å²) in [7, 11) is 5.81. The first-order chi connectivity index (χ1) is 2.50. The molecule has 0 aliphatic carbocycles. The quantitative estimate of drug-likeness (QED) is 0.495. The van der Waals surface area contributed by atoms with Crippen LogP contribution in [-0.2, 0) is 0 Å². The van der Waals surface area contributed by atoms with Crippen LogP contribution >= 0.6 is 44.9 Å². The molecule has 4 heteroatoms. The molecule has 0 aromatic rings. The van der Waals surface area contributed by atoms with E-state index in [1.54, 1.807) is 0 Å². The largest absolute Gasteiger partial charge is 0.0817 e. The molecule has 0 nitrogen and oxygen atoms in total. The summed E-state index contributed by atoms with van der Waals surface area (Å²) < 4.78 is 0. The van der Waals surface area contributed by atoms with Gasteiger partial charge in [0.2, 0.25) is 0 Å². The molecule has 0 bridgehead atoms. The fourth-order valence-electron chi connectivity index (χ4n) is 0.170. The van der Waals surface area contributed by atoms with E-state index in [-0.39, 0.29) is 13.5 Å². The maximum atomic E-state index is 1.95. The third-order valence-electron chi connectivity index (χ3n) is 0.346. The zero-order valence-corrected chi connectivity index (χ0v) is 6.31. The smallest absolute Gasteiger partial charge is 0.0145 e. The molecule has 1 fully saturated rings. The highest BCUT2D eigenvalue weighted by molar-refractivity contribution is 9.10. The molecule has 36 valence electrons. The standard InChI is InChI=1S/C2H4S3.S/c1-2-4-5-3-1;/h1-2H2;.